The van der Waals surface area contributed by atoms with Gasteiger partial charge in [0.15, 0.2) is 0 Å². The Labute approximate surface area is 309 Å². The maximum absolute atomic E-state index is 13.6. The summed E-state index contributed by atoms with van der Waals surface area (Å²) >= 11 is 0. The van der Waals surface area contributed by atoms with Gasteiger partial charge in [-0.25, -0.2) is 19.6 Å². The van der Waals surface area contributed by atoms with Crippen molar-refractivity contribution in [2.24, 2.45) is 11.8 Å². The summed E-state index contributed by atoms with van der Waals surface area (Å²) in [6.07, 6.45) is 7.87. The van der Waals surface area contributed by atoms with Gasteiger partial charge in [-0.05, 0) is 54.0 Å². The van der Waals surface area contributed by atoms with E-state index in [2.05, 4.69) is 37.6 Å². The van der Waals surface area contributed by atoms with E-state index in [0.29, 0.717) is 31.2 Å². The van der Waals surface area contributed by atoms with Crippen LogP contribution in [0.1, 0.15) is 64.6 Å². The first kappa shape index (κ1) is 38.4. The molecule has 14 heteroatoms. The number of hydrogen-bond donors (Lipinski definition) is 4. The van der Waals surface area contributed by atoms with Gasteiger partial charge >= 0.3 is 12.2 Å². The highest BCUT2D eigenvalue weighted by Crippen LogP contribution is 2.34. The number of terminal acetylenes is 1. The van der Waals surface area contributed by atoms with E-state index in [0.717, 1.165) is 46.3 Å². The summed E-state index contributed by atoms with van der Waals surface area (Å²) in [6, 6.07) is 12.3. The minimum Gasteiger partial charge on any atom is -0.453 e. The van der Waals surface area contributed by atoms with E-state index >= 15 is 0 Å². The quantitative estimate of drug-likeness (QED) is 0.133. The third-order valence-corrected chi connectivity index (χ3v) is 9.45. The number of carbonyl (C=O) groups is 4. The number of aromatic amines is 2. The van der Waals surface area contributed by atoms with Crippen LogP contribution >= 0.6 is 0 Å². The van der Waals surface area contributed by atoms with E-state index in [4.69, 9.17) is 20.9 Å². The molecule has 1 fully saturated rings. The number of nitrogens with one attached hydrogen (secondary N) is 4. The predicted octanol–water partition coefficient (Wildman–Crippen LogP) is 5.40. The molecule has 0 saturated carbocycles. The summed E-state index contributed by atoms with van der Waals surface area (Å²) in [4.78, 5) is 70.7. The van der Waals surface area contributed by atoms with Crippen molar-refractivity contribution in [3.05, 3.63) is 60.3 Å². The number of alkyl carbamates (subject to hydrolysis) is 2. The van der Waals surface area contributed by atoms with Gasteiger partial charge < -0.3 is 39.9 Å². The summed E-state index contributed by atoms with van der Waals surface area (Å²) in [5, 5.41) is 5.33. The lowest BCUT2D eigenvalue weighted by Gasteiger charge is -2.29. The molecular formula is C39H48N8O6. The molecule has 1 aliphatic heterocycles. The van der Waals surface area contributed by atoms with Gasteiger partial charge in [0.1, 0.15) is 23.7 Å². The number of ether oxygens (including phenoxy) is 2. The number of hydrogen-bond acceptors (Lipinski definition) is 8. The van der Waals surface area contributed by atoms with E-state index in [1.54, 1.807) is 16.0 Å². The van der Waals surface area contributed by atoms with Gasteiger partial charge in [-0.3, -0.25) is 9.59 Å². The zero-order chi connectivity index (χ0) is 38.2. The second-order valence-electron chi connectivity index (χ2n) is 13.8. The molecule has 4 amide bonds. The Morgan fingerprint density at radius 2 is 1.64 bits per heavy atom. The molecular weight excluding hydrogens is 676 g/mol. The van der Waals surface area contributed by atoms with Gasteiger partial charge in [0.2, 0.25) is 11.8 Å². The zero-order valence-electron chi connectivity index (χ0n) is 31.1. The van der Waals surface area contributed by atoms with Gasteiger partial charge in [0.05, 0.1) is 49.7 Å². The Morgan fingerprint density at radius 1 is 0.962 bits per heavy atom. The van der Waals surface area contributed by atoms with Crippen LogP contribution in [-0.4, -0.2) is 93.1 Å². The Balaban J connectivity index is 1.34. The molecule has 3 atom stereocenters. The average Bonchev–Trinajstić information content (AvgIpc) is 3.93. The van der Waals surface area contributed by atoms with Crippen LogP contribution in [0.3, 0.4) is 0 Å². The normalized spacial score (nSPS) is 15.2. The van der Waals surface area contributed by atoms with E-state index in [1.807, 2.05) is 64.1 Å². The highest BCUT2D eigenvalue weighted by molar-refractivity contribution is 5.87. The van der Waals surface area contributed by atoms with Crippen molar-refractivity contribution in [2.45, 2.75) is 71.6 Å². The van der Waals surface area contributed by atoms with Crippen molar-refractivity contribution in [3.8, 4) is 34.7 Å². The van der Waals surface area contributed by atoms with Crippen LogP contribution in [0.15, 0.2) is 48.7 Å². The first-order valence-electron chi connectivity index (χ1n) is 17.8. The van der Waals surface area contributed by atoms with Crippen LogP contribution in [0.5, 0.6) is 0 Å². The molecule has 4 N–H and O–H groups in total. The van der Waals surface area contributed by atoms with Crippen LogP contribution < -0.4 is 10.6 Å². The number of imidazole rings is 2. The third kappa shape index (κ3) is 8.97. The molecule has 0 spiro atoms. The van der Waals surface area contributed by atoms with Gasteiger partial charge in [-0.1, -0.05) is 52.0 Å². The van der Waals surface area contributed by atoms with E-state index in [1.165, 1.54) is 14.2 Å². The Kier molecular flexibility index (Phi) is 12.4. The highest BCUT2D eigenvalue weighted by atomic mass is 16.5. The SMILES string of the molecule is C#CCCN(Cc1ncc(-c2cccc(-c3ccc4nc([C@@H]5CCCN5C(=O)[C@@H](NC(=O)OC)C(C)C)[nH]c4c3)c2)[nH]1)C(=O)[C@@H](NC(=O)OC)C(C)C. The molecule has 5 rings (SSSR count). The summed E-state index contributed by atoms with van der Waals surface area (Å²) in [7, 11) is 2.54. The van der Waals surface area contributed by atoms with E-state index < -0.39 is 24.3 Å². The predicted molar refractivity (Wildman–Crippen MR) is 200 cm³/mol. The third-order valence-electron chi connectivity index (χ3n) is 9.45. The molecule has 53 heavy (non-hydrogen) atoms. The highest BCUT2D eigenvalue weighted by Gasteiger charge is 2.37. The molecule has 4 aromatic rings. The summed E-state index contributed by atoms with van der Waals surface area (Å²) in [6.45, 7) is 8.53. The molecule has 0 unspecified atom stereocenters. The maximum Gasteiger partial charge on any atom is 0.407 e. The number of amides is 4. The number of likely N-dealkylation sites (tertiary alicyclic amines) is 1. The van der Waals surface area contributed by atoms with Crippen LogP contribution in [-0.2, 0) is 25.6 Å². The standard InChI is InChI=1S/C39H48N8O6/c1-8-9-17-46(36(48)33(23(2)3)44-38(50)52-6)22-32-40-21-30(41-32)27-13-10-12-25(19-27)26-15-16-28-29(20-26)43-35(42-28)31-14-11-18-47(31)37(49)34(24(4)5)45-39(51)53-7/h1,10,12-13,15-16,19-21,23-24,31,33-34H,9,11,14,17-18,22H2,2-7H3,(H,40,41)(H,42,43)(H,44,50)(H,45,51)/t31-,33-,34-/m0/s1. The Morgan fingerprint density at radius 3 is 2.32 bits per heavy atom. The van der Waals surface area contributed by atoms with Gasteiger partial charge in [0, 0.05) is 25.1 Å². The fraction of sp³-hybridized carbons (Fsp3) is 0.436. The van der Waals surface area contributed by atoms with Crippen molar-refractivity contribution in [1.29, 1.82) is 0 Å². The number of benzene rings is 2. The number of aromatic nitrogens is 4. The number of methoxy groups -OCH3 is 2. The smallest absolute Gasteiger partial charge is 0.407 e. The van der Waals surface area contributed by atoms with Crippen molar-refractivity contribution < 1.29 is 28.7 Å². The van der Waals surface area contributed by atoms with Crippen molar-refractivity contribution in [1.82, 2.24) is 40.4 Å². The Bertz CT molecular complexity index is 1980. The molecule has 3 heterocycles. The average molecular weight is 725 g/mol. The van der Waals surface area contributed by atoms with Crippen molar-refractivity contribution in [2.75, 3.05) is 27.3 Å². The molecule has 280 valence electrons. The molecule has 0 bridgehead atoms. The molecule has 14 nitrogen and oxygen atoms in total. The van der Waals surface area contributed by atoms with Crippen molar-refractivity contribution in [3.63, 3.8) is 0 Å². The lowest BCUT2D eigenvalue weighted by molar-refractivity contribution is -0.136. The van der Waals surface area contributed by atoms with Crippen LogP contribution in [0.2, 0.25) is 0 Å². The number of nitrogens with zero attached hydrogens (tertiary/aromatic N) is 4. The number of fused-ring (bicyclic) bond motifs is 1. The fourth-order valence-corrected chi connectivity index (χ4v) is 6.56. The monoisotopic (exact) mass is 724 g/mol. The summed E-state index contributed by atoms with van der Waals surface area (Å²) in [5.74, 6) is 3.12. The van der Waals surface area contributed by atoms with E-state index in [-0.39, 0.29) is 36.2 Å². The first-order valence-corrected chi connectivity index (χ1v) is 17.8. The zero-order valence-corrected chi connectivity index (χ0v) is 31.1. The van der Waals surface area contributed by atoms with Crippen LogP contribution in [0.4, 0.5) is 9.59 Å². The van der Waals surface area contributed by atoms with Crippen LogP contribution in [0, 0.1) is 24.2 Å². The minimum atomic E-state index is -0.790. The lowest BCUT2D eigenvalue weighted by Crippen LogP contribution is -2.51. The van der Waals surface area contributed by atoms with Crippen molar-refractivity contribution >= 4 is 35.0 Å². The molecule has 1 saturated heterocycles. The topological polar surface area (TPSA) is 175 Å². The van der Waals surface area contributed by atoms with Gasteiger partial charge in [-0.15, -0.1) is 12.3 Å². The second kappa shape index (κ2) is 17.1. The lowest BCUT2D eigenvalue weighted by atomic mass is 10.0. The molecule has 1 aliphatic rings. The number of H-pyrrole nitrogens is 2. The Hall–Kier alpha value is -5.84. The molecule has 0 radical (unpaired) electrons. The molecule has 2 aromatic heterocycles. The second-order valence-corrected chi connectivity index (χ2v) is 13.8. The first-order chi connectivity index (χ1) is 25.4. The van der Waals surface area contributed by atoms with Gasteiger partial charge in [-0.2, -0.15) is 0 Å². The largest absolute Gasteiger partial charge is 0.453 e. The number of rotatable bonds is 13. The molecule has 0 aliphatic carbocycles. The van der Waals surface area contributed by atoms with Gasteiger partial charge in [0.25, 0.3) is 0 Å². The number of carbonyl (C=O) groups excluding carboxylic acids is 4. The summed E-state index contributed by atoms with van der Waals surface area (Å²) < 4.78 is 9.49. The molecule has 2 aromatic carbocycles. The fourth-order valence-electron chi connectivity index (χ4n) is 6.56. The minimum absolute atomic E-state index is 0.123. The van der Waals surface area contributed by atoms with Crippen LogP contribution in [0.25, 0.3) is 33.4 Å². The summed E-state index contributed by atoms with van der Waals surface area (Å²) in [5.41, 5.74) is 5.26. The maximum atomic E-state index is 13.6. The van der Waals surface area contributed by atoms with E-state index in [9.17, 15) is 19.2 Å².